The second kappa shape index (κ2) is 23.1. The van der Waals surface area contributed by atoms with Gasteiger partial charge in [0, 0.05) is 48.7 Å². The molecule has 5 amide bonds. The van der Waals surface area contributed by atoms with Gasteiger partial charge in [0.15, 0.2) is 0 Å². The Kier molecular flexibility index (Phi) is 18.0. The van der Waals surface area contributed by atoms with Gasteiger partial charge in [-0.15, -0.1) is 6.58 Å². The molecule has 0 aliphatic carbocycles. The molecular weight excluding hydrogens is 807 g/mol. The number of nitrogens with zero attached hydrogens (tertiary/aromatic N) is 2. The van der Waals surface area contributed by atoms with E-state index in [9.17, 15) is 24.0 Å². The number of nitrogens with two attached hydrogens (primary N) is 3. The lowest BCUT2D eigenvalue weighted by atomic mass is 9.91. The van der Waals surface area contributed by atoms with Crippen molar-refractivity contribution in [3.63, 3.8) is 0 Å². The molecule has 0 radical (unpaired) electrons. The Morgan fingerprint density at radius 2 is 1.62 bits per heavy atom. The molecule has 4 bridgehead atoms. The van der Waals surface area contributed by atoms with Crippen molar-refractivity contribution in [2.24, 2.45) is 22.6 Å². The Bertz CT molecular complexity index is 2170. The Morgan fingerprint density at radius 3 is 2.24 bits per heavy atom. The Balaban J connectivity index is 1.80. The summed E-state index contributed by atoms with van der Waals surface area (Å²) in [6.07, 6.45) is 2.64. The minimum Gasteiger partial charge on any atom is -0.493 e. The third kappa shape index (κ3) is 13.3. The van der Waals surface area contributed by atoms with Crippen LogP contribution in [-0.4, -0.2) is 106 Å². The average molecular weight is 868 g/mol. The van der Waals surface area contributed by atoms with Crippen LogP contribution in [0.15, 0.2) is 67.3 Å². The van der Waals surface area contributed by atoms with Crippen LogP contribution in [0.25, 0.3) is 11.1 Å². The van der Waals surface area contributed by atoms with Gasteiger partial charge in [0.05, 0.1) is 12.7 Å². The standard InChI is InChI=1S/C46H61N9O8/c1-7-15-46(4,5)27-63-32-10-11-33(28(2)23-32)42(57)53-36(14-16-47)45(60)55(6)40-31-9-13-39(62-22-19-50)35(26-31)34-24-30(8-12-38(34)61-21-18-49)25-37(43(58)51-20-17-48)54-41(56)29(3)52-44(40)59/h7-13,23-24,26,29,36-37,40H,1,14-16,18-22,25,27,47,49-50H2,2-6H3,(H,51,58)(H,52,59)(H,53,57)(H,54,56)/t29-,36-,37-,40-/m0/s1. The maximum Gasteiger partial charge on any atom is 0.252 e. The van der Waals surface area contributed by atoms with Crippen molar-refractivity contribution in [2.75, 3.05) is 53.0 Å². The fourth-order valence-electron chi connectivity index (χ4n) is 7.07. The number of hydrogen-bond acceptors (Lipinski definition) is 12. The second-order valence-electron chi connectivity index (χ2n) is 16.1. The zero-order valence-electron chi connectivity index (χ0n) is 36.8. The lowest BCUT2D eigenvalue weighted by molar-refractivity contribution is -0.141. The van der Waals surface area contributed by atoms with E-state index in [0.29, 0.717) is 57.2 Å². The Hall–Kier alpha value is -6.48. The molecule has 0 aromatic heterocycles. The first-order valence-electron chi connectivity index (χ1n) is 20.9. The van der Waals surface area contributed by atoms with Crippen molar-refractivity contribution in [2.45, 2.75) is 71.1 Å². The number of ether oxygens (including phenoxy) is 3. The van der Waals surface area contributed by atoms with Crippen LogP contribution < -0.4 is 52.7 Å². The number of carbonyl (C=O) groups is 5. The number of rotatable bonds is 19. The molecule has 4 atom stereocenters. The molecule has 338 valence electrons. The summed E-state index contributed by atoms with van der Waals surface area (Å²) in [6.45, 7) is 12.0. The van der Waals surface area contributed by atoms with E-state index >= 15 is 0 Å². The van der Waals surface area contributed by atoms with Gasteiger partial charge in [0.25, 0.3) is 5.91 Å². The fraction of sp³-hybridized carbons (Fsp3) is 0.435. The third-order valence-electron chi connectivity index (χ3n) is 10.4. The smallest absolute Gasteiger partial charge is 0.252 e. The monoisotopic (exact) mass is 867 g/mol. The highest BCUT2D eigenvalue weighted by Gasteiger charge is 2.36. The van der Waals surface area contributed by atoms with Crippen LogP contribution in [0.2, 0.25) is 0 Å². The van der Waals surface area contributed by atoms with Crippen LogP contribution in [-0.2, 0) is 25.6 Å². The zero-order chi connectivity index (χ0) is 46.3. The van der Waals surface area contributed by atoms with Crippen LogP contribution in [0.1, 0.15) is 66.7 Å². The molecule has 4 rings (SSSR count). The molecule has 17 heteroatoms. The lowest BCUT2D eigenvalue weighted by Crippen LogP contribution is -2.56. The number of allylic oxidation sites excluding steroid dienone is 1. The van der Waals surface area contributed by atoms with Crippen molar-refractivity contribution in [3.05, 3.63) is 89.5 Å². The number of nitrogens with one attached hydrogen (secondary N) is 4. The predicted molar refractivity (Wildman–Crippen MR) is 239 cm³/mol. The van der Waals surface area contributed by atoms with Gasteiger partial charge < -0.3 is 57.6 Å². The molecule has 0 unspecified atom stereocenters. The SMILES string of the molecule is C=CCC(C)(C)COc1ccc(C(=O)N[C@@H](CCN)C(=O)N(C)[C@@H]2C(=O)N[C@@H](C)C(=O)N[C@H](C(=O)NCC#N)Cc3ccc(OCCN)c(c3)-c3cc2ccc3OCCN)c(C)c1. The fourth-order valence-corrected chi connectivity index (χ4v) is 7.07. The molecule has 1 aliphatic rings. The second-order valence-corrected chi connectivity index (χ2v) is 16.1. The predicted octanol–water partition coefficient (Wildman–Crippen LogP) is 2.15. The van der Waals surface area contributed by atoms with Crippen LogP contribution >= 0.6 is 0 Å². The van der Waals surface area contributed by atoms with Crippen LogP contribution in [0.5, 0.6) is 17.2 Å². The highest BCUT2D eigenvalue weighted by atomic mass is 16.5. The van der Waals surface area contributed by atoms with E-state index in [1.54, 1.807) is 61.5 Å². The topological polar surface area (TPSA) is 266 Å². The zero-order valence-corrected chi connectivity index (χ0v) is 36.8. The number of hydrogen-bond donors (Lipinski definition) is 7. The van der Waals surface area contributed by atoms with Gasteiger partial charge in [-0.3, -0.25) is 24.0 Å². The molecule has 0 saturated carbocycles. The van der Waals surface area contributed by atoms with Crippen molar-refractivity contribution in [1.29, 1.82) is 5.26 Å². The quantitative estimate of drug-likeness (QED) is 0.0675. The summed E-state index contributed by atoms with van der Waals surface area (Å²) in [5.74, 6) is -1.86. The molecular formula is C46H61N9O8. The van der Waals surface area contributed by atoms with E-state index in [0.717, 1.165) is 6.42 Å². The molecule has 1 heterocycles. The number of fused-ring (bicyclic) bond motifs is 5. The normalized spacial score (nSPS) is 16.8. The van der Waals surface area contributed by atoms with Gasteiger partial charge in [-0.1, -0.05) is 32.1 Å². The minimum atomic E-state index is -1.38. The number of benzene rings is 3. The third-order valence-corrected chi connectivity index (χ3v) is 10.4. The number of amides is 5. The summed E-state index contributed by atoms with van der Waals surface area (Å²) in [5.41, 5.74) is 20.3. The minimum absolute atomic E-state index is 0.00647. The summed E-state index contributed by atoms with van der Waals surface area (Å²) < 4.78 is 18.2. The number of carbonyl (C=O) groups excluding carboxylic acids is 5. The maximum atomic E-state index is 14.6. The Labute approximate surface area is 369 Å². The van der Waals surface area contributed by atoms with Crippen LogP contribution in [0.4, 0.5) is 0 Å². The van der Waals surface area contributed by atoms with Crippen molar-refractivity contribution >= 4 is 29.5 Å². The Morgan fingerprint density at radius 1 is 0.952 bits per heavy atom. The first-order valence-corrected chi connectivity index (χ1v) is 20.9. The summed E-state index contributed by atoms with van der Waals surface area (Å²) >= 11 is 0. The van der Waals surface area contributed by atoms with Gasteiger partial charge in [0.1, 0.15) is 61.2 Å². The molecule has 17 nitrogen and oxygen atoms in total. The first kappa shape index (κ1) is 49.2. The van der Waals surface area contributed by atoms with Crippen molar-refractivity contribution in [1.82, 2.24) is 26.2 Å². The first-order chi connectivity index (χ1) is 30.1. The highest BCUT2D eigenvalue weighted by molar-refractivity contribution is 6.00. The van der Waals surface area contributed by atoms with Crippen molar-refractivity contribution in [3.8, 4) is 34.4 Å². The summed E-state index contributed by atoms with van der Waals surface area (Å²) in [4.78, 5) is 71.1. The van der Waals surface area contributed by atoms with E-state index < -0.39 is 53.7 Å². The molecule has 0 spiro atoms. The van der Waals surface area contributed by atoms with Gasteiger partial charge in [0.2, 0.25) is 23.6 Å². The van der Waals surface area contributed by atoms with Gasteiger partial charge in [-0.05, 0) is 92.4 Å². The van der Waals surface area contributed by atoms with Gasteiger partial charge >= 0.3 is 0 Å². The summed E-state index contributed by atoms with van der Waals surface area (Å²) in [6, 6.07) is 12.2. The van der Waals surface area contributed by atoms with Gasteiger partial charge in [-0.25, -0.2) is 0 Å². The van der Waals surface area contributed by atoms with Crippen LogP contribution in [0, 0.1) is 23.7 Å². The largest absolute Gasteiger partial charge is 0.493 e. The number of nitriles is 1. The van der Waals surface area contributed by atoms with E-state index in [-0.39, 0.29) is 57.6 Å². The highest BCUT2D eigenvalue weighted by Crippen LogP contribution is 2.40. The molecule has 3 aromatic rings. The number of likely N-dealkylation sites (N-methyl/N-ethyl adjacent to an activating group) is 1. The van der Waals surface area contributed by atoms with Crippen LogP contribution in [0.3, 0.4) is 0 Å². The lowest BCUT2D eigenvalue weighted by Gasteiger charge is -2.32. The molecule has 0 fully saturated rings. The van der Waals surface area contributed by atoms with Gasteiger partial charge in [-0.2, -0.15) is 5.26 Å². The maximum absolute atomic E-state index is 14.6. The summed E-state index contributed by atoms with van der Waals surface area (Å²) in [7, 11) is 1.42. The van der Waals surface area contributed by atoms with E-state index in [2.05, 4.69) is 41.7 Å². The van der Waals surface area contributed by atoms with E-state index in [1.165, 1.54) is 18.9 Å². The molecule has 63 heavy (non-hydrogen) atoms. The van der Waals surface area contributed by atoms with E-state index in [4.69, 9.17) is 36.7 Å². The summed E-state index contributed by atoms with van der Waals surface area (Å²) in [5, 5.41) is 19.9. The van der Waals surface area contributed by atoms with E-state index in [1.807, 2.05) is 12.1 Å². The molecule has 0 saturated heterocycles. The molecule has 3 aromatic carbocycles. The number of aryl methyl sites for hydroxylation is 1. The molecule has 10 N–H and O–H groups in total. The average Bonchev–Trinajstić information content (AvgIpc) is 3.25. The molecule has 1 aliphatic heterocycles. The van der Waals surface area contributed by atoms with Crippen molar-refractivity contribution < 1.29 is 38.2 Å².